The van der Waals surface area contributed by atoms with Crippen molar-refractivity contribution >= 4 is 10.1 Å². The molecule has 0 aliphatic heterocycles. The van der Waals surface area contributed by atoms with Crippen LogP contribution in [0.5, 0.6) is 0 Å². The first-order valence-electron chi connectivity index (χ1n) is 1.33. The molecule has 0 aliphatic carbocycles. The maximum Gasteiger partial charge on any atom is 0.363 e. The van der Waals surface area contributed by atoms with Crippen LogP contribution < -0.4 is 0 Å². The van der Waals surface area contributed by atoms with E-state index < -0.39 is 15.9 Å². The number of hydrogen-bond acceptors (Lipinski definition) is 3. The Morgan fingerprint density at radius 3 is 1.67 bits per heavy atom. The summed E-state index contributed by atoms with van der Waals surface area (Å²) in [5.41, 5.74) is 0. The van der Waals surface area contributed by atoms with Crippen molar-refractivity contribution in [1.82, 2.24) is 0 Å². The number of alkyl halides is 2. The smallest absolute Gasteiger partial charge is 0.191 e. The van der Waals surface area contributed by atoms with Crippen LogP contribution in [0.15, 0.2) is 0 Å². The van der Waals surface area contributed by atoms with E-state index in [1.54, 1.807) is 0 Å². The third-order valence-corrected chi connectivity index (χ3v) is 0.918. The minimum atomic E-state index is -5.24. The molecule has 0 bridgehead atoms. The molecule has 0 aliphatic rings. The normalized spacial score (nSPS) is 11.1. The molecule has 0 spiro atoms. The second kappa shape index (κ2) is 4.10. The Morgan fingerprint density at radius 2 is 1.67 bits per heavy atom. The second-order valence-corrected chi connectivity index (χ2v) is 2.28. The first-order chi connectivity index (χ1) is 3.50. The quantitative estimate of drug-likeness (QED) is 0.615. The van der Waals surface area contributed by atoms with Gasteiger partial charge in [-0.15, -0.1) is 0 Å². The Morgan fingerprint density at radius 1 is 1.33 bits per heavy atom. The van der Waals surface area contributed by atoms with Gasteiger partial charge in [0.1, 0.15) is 0 Å². The molecule has 0 amide bonds. The predicted octanol–water partition coefficient (Wildman–Crippen LogP) is 0.437. The van der Waals surface area contributed by atoms with Gasteiger partial charge >= 0.3 is 15.9 Å². The third kappa shape index (κ3) is 3.74. The van der Waals surface area contributed by atoms with E-state index in [2.05, 4.69) is 0 Å². The maximum atomic E-state index is 10.9. The zero-order valence-electron chi connectivity index (χ0n) is 3.70. The van der Waals surface area contributed by atoms with Gasteiger partial charge in [-0.2, -0.15) is 17.2 Å². The van der Waals surface area contributed by atoms with Gasteiger partial charge in [-0.3, -0.25) is 0 Å². The first-order valence-corrected chi connectivity index (χ1v) is 2.80. The molecule has 0 aromatic rings. The van der Waals surface area contributed by atoms with Crippen LogP contribution in [0.1, 0.15) is 0 Å². The summed E-state index contributed by atoms with van der Waals surface area (Å²) in [6.07, 6.45) is 0. The molecule has 0 unspecified atom stereocenters. The van der Waals surface area contributed by atoms with Crippen LogP contribution in [-0.2, 0) is 31.6 Å². The van der Waals surface area contributed by atoms with E-state index >= 15 is 0 Å². The van der Waals surface area contributed by atoms with Crippen LogP contribution in [0.3, 0.4) is 0 Å². The van der Waals surface area contributed by atoms with Gasteiger partial charge in [0.05, 0.1) is 0 Å². The van der Waals surface area contributed by atoms with E-state index in [0.29, 0.717) is 0 Å². The molecule has 3 nitrogen and oxygen atoms in total. The summed E-state index contributed by atoms with van der Waals surface area (Å²) in [5, 5.41) is 0. The van der Waals surface area contributed by atoms with Crippen molar-refractivity contribution in [2.45, 2.75) is 5.76 Å². The van der Waals surface area contributed by atoms with Crippen molar-refractivity contribution in [3.8, 4) is 0 Å². The SMILES string of the molecule is O=S(=O)(OF)C(F)F.[Fe]. The van der Waals surface area contributed by atoms with Crippen molar-refractivity contribution in [3.05, 3.63) is 0 Å². The minimum absolute atomic E-state index is 0. The molecule has 0 rings (SSSR count). The molecule has 0 fully saturated rings. The van der Waals surface area contributed by atoms with E-state index in [9.17, 15) is 21.7 Å². The molecule has 0 atom stereocenters. The van der Waals surface area contributed by atoms with Gasteiger partial charge in [-0.1, -0.05) is 4.39 Å². The fourth-order valence-electron chi connectivity index (χ4n) is 0.0275. The van der Waals surface area contributed by atoms with Gasteiger partial charge < -0.3 is 0 Å². The largest absolute Gasteiger partial charge is 0.363 e. The number of rotatable bonds is 2. The zero-order valence-corrected chi connectivity index (χ0v) is 5.62. The minimum Gasteiger partial charge on any atom is -0.191 e. The summed E-state index contributed by atoms with van der Waals surface area (Å²) in [4.78, 5) is 0. The van der Waals surface area contributed by atoms with Crippen LogP contribution in [0.4, 0.5) is 13.3 Å². The summed E-state index contributed by atoms with van der Waals surface area (Å²) in [6, 6.07) is 0. The molecule has 8 heteroatoms. The Bertz CT molecular complexity index is 152. The Kier molecular flexibility index (Phi) is 5.45. The number of halogens is 3. The molecular formula is CHF3FeO3S. The van der Waals surface area contributed by atoms with E-state index in [4.69, 9.17) is 0 Å². The van der Waals surface area contributed by atoms with Crippen LogP contribution in [0, 0.1) is 0 Å². The monoisotopic (exact) mass is 206 g/mol. The van der Waals surface area contributed by atoms with Crippen molar-refractivity contribution in [3.63, 3.8) is 0 Å². The topological polar surface area (TPSA) is 43.4 Å². The van der Waals surface area contributed by atoms with Gasteiger partial charge in [-0.25, -0.2) is 0 Å². The molecule has 0 aromatic carbocycles. The molecule has 0 saturated heterocycles. The average molecular weight is 206 g/mol. The van der Waals surface area contributed by atoms with E-state index in [1.807, 2.05) is 4.39 Å². The standard InChI is InChI=1S/CHF3O3S.Fe/c2-1(3)8(5,6)7-4;/h1H;. The van der Waals surface area contributed by atoms with Crippen LogP contribution >= 0.6 is 0 Å². The van der Waals surface area contributed by atoms with E-state index in [1.165, 1.54) is 0 Å². The molecule has 0 aromatic heterocycles. The van der Waals surface area contributed by atoms with E-state index in [-0.39, 0.29) is 17.1 Å². The van der Waals surface area contributed by atoms with Gasteiger partial charge in [0, 0.05) is 17.1 Å². The molecule has 0 saturated carbocycles. The summed E-state index contributed by atoms with van der Waals surface area (Å²) in [6.45, 7) is 0. The van der Waals surface area contributed by atoms with Crippen molar-refractivity contribution in [1.29, 1.82) is 0 Å². The Hall–Kier alpha value is 0.219. The van der Waals surface area contributed by atoms with Crippen molar-refractivity contribution < 1.29 is 43.2 Å². The van der Waals surface area contributed by atoms with Crippen LogP contribution in [-0.4, -0.2) is 14.2 Å². The van der Waals surface area contributed by atoms with Crippen molar-refractivity contribution in [2.24, 2.45) is 0 Å². The summed E-state index contributed by atoms with van der Waals surface area (Å²) in [5.74, 6) is -3.81. The van der Waals surface area contributed by atoms with Gasteiger partial charge in [0.15, 0.2) is 0 Å². The van der Waals surface area contributed by atoms with Gasteiger partial charge in [0.25, 0.3) is 0 Å². The maximum absolute atomic E-state index is 10.9. The fourth-order valence-corrected chi connectivity index (χ4v) is 0.0825. The summed E-state index contributed by atoms with van der Waals surface area (Å²) < 4.78 is 52.8. The van der Waals surface area contributed by atoms with Gasteiger partial charge in [-0.05, 0) is 4.53 Å². The molecule has 0 heterocycles. The fraction of sp³-hybridized carbons (Fsp3) is 1.00. The molecular weight excluding hydrogens is 205 g/mol. The molecule has 9 heavy (non-hydrogen) atoms. The average Bonchev–Trinajstić information content (AvgIpc) is 1.67. The first kappa shape index (κ1) is 12.0. The molecule has 0 radical (unpaired) electrons. The van der Waals surface area contributed by atoms with Crippen LogP contribution in [0.2, 0.25) is 0 Å². The van der Waals surface area contributed by atoms with E-state index in [0.717, 1.165) is 0 Å². The molecule has 58 valence electrons. The zero-order chi connectivity index (χ0) is 6.78. The van der Waals surface area contributed by atoms with Crippen molar-refractivity contribution in [2.75, 3.05) is 0 Å². The number of hydrogen-bond donors (Lipinski definition) is 0. The Labute approximate surface area is 59.7 Å². The predicted molar refractivity (Wildman–Crippen MR) is 17.1 cm³/mol. The molecule has 0 N–H and O–H groups in total. The third-order valence-electron chi connectivity index (χ3n) is 0.306. The summed E-state index contributed by atoms with van der Waals surface area (Å²) in [7, 11) is -5.24. The summed E-state index contributed by atoms with van der Waals surface area (Å²) >= 11 is 0. The van der Waals surface area contributed by atoms with Crippen LogP contribution in [0.25, 0.3) is 0 Å². The van der Waals surface area contributed by atoms with Gasteiger partial charge in [0.2, 0.25) is 0 Å². The second-order valence-electron chi connectivity index (χ2n) is 0.816. The Balaban J connectivity index is 0.